The summed E-state index contributed by atoms with van der Waals surface area (Å²) in [6, 6.07) is 30.0. The monoisotopic (exact) mass is 446 g/mol. The summed E-state index contributed by atoms with van der Waals surface area (Å²) in [6.07, 6.45) is 7.90. The molecule has 0 heterocycles. The van der Waals surface area contributed by atoms with Crippen LogP contribution in [-0.2, 0) is 0 Å². The normalized spacial score (nSPS) is 11.2. The lowest BCUT2D eigenvalue weighted by Gasteiger charge is -2.04. The van der Waals surface area contributed by atoms with E-state index >= 15 is 0 Å². The number of rotatable bonds is 7. The maximum Gasteiger partial charge on any atom is 0.335 e. The van der Waals surface area contributed by atoms with Crippen LogP contribution in [0.1, 0.15) is 43.0 Å². The second-order valence-electron chi connectivity index (χ2n) is 7.77. The van der Waals surface area contributed by atoms with Gasteiger partial charge in [-0.1, -0.05) is 97.1 Å². The number of aromatic carboxylic acids is 2. The predicted octanol–water partition coefficient (Wildman–Crippen LogP) is 7.09. The van der Waals surface area contributed by atoms with Gasteiger partial charge in [0, 0.05) is 0 Å². The third kappa shape index (κ3) is 5.75. The Morgan fingerprint density at radius 3 is 0.882 bits per heavy atom. The van der Waals surface area contributed by atoms with Crippen LogP contribution in [0.15, 0.2) is 97.1 Å². The van der Waals surface area contributed by atoms with Gasteiger partial charge >= 0.3 is 11.9 Å². The lowest BCUT2D eigenvalue weighted by Crippen LogP contribution is -1.94. The van der Waals surface area contributed by atoms with Crippen LogP contribution in [0.25, 0.3) is 35.4 Å². The fourth-order valence-corrected chi connectivity index (χ4v) is 3.43. The minimum atomic E-state index is -0.928. The molecule has 4 aromatic rings. The molecule has 0 aliphatic rings. The van der Waals surface area contributed by atoms with Crippen molar-refractivity contribution >= 4 is 36.2 Å². The maximum absolute atomic E-state index is 10.9. The first-order valence-corrected chi connectivity index (χ1v) is 10.7. The van der Waals surface area contributed by atoms with Gasteiger partial charge in [-0.25, -0.2) is 9.59 Å². The number of benzene rings is 4. The molecule has 4 rings (SSSR count). The van der Waals surface area contributed by atoms with Gasteiger partial charge in [-0.05, 0) is 57.6 Å². The van der Waals surface area contributed by atoms with Gasteiger partial charge in [0.15, 0.2) is 0 Å². The second-order valence-corrected chi connectivity index (χ2v) is 7.77. The Balaban J connectivity index is 1.39. The summed E-state index contributed by atoms with van der Waals surface area (Å²) in [5.41, 5.74) is 6.77. The molecule has 0 amide bonds. The van der Waals surface area contributed by atoms with Crippen molar-refractivity contribution in [3.63, 3.8) is 0 Å². The molecule has 0 saturated carbocycles. The third-order valence-electron chi connectivity index (χ3n) is 5.41. The highest BCUT2D eigenvalue weighted by molar-refractivity contribution is 5.88. The summed E-state index contributed by atoms with van der Waals surface area (Å²) in [6.45, 7) is 0. The molecule has 0 aliphatic carbocycles. The minimum absolute atomic E-state index is 0.275. The summed E-state index contributed by atoms with van der Waals surface area (Å²) in [7, 11) is 0. The third-order valence-corrected chi connectivity index (χ3v) is 5.41. The number of carboxylic acid groups (broad SMARTS) is 2. The van der Waals surface area contributed by atoms with Crippen molar-refractivity contribution in [2.75, 3.05) is 0 Å². The van der Waals surface area contributed by atoms with E-state index in [2.05, 4.69) is 24.3 Å². The van der Waals surface area contributed by atoms with E-state index < -0.39 is 11.9 Å². The smallest absolute Gasteiger partial charge is 0.335 e. The second kappa shape index (κ2) is 10.3. The number of hydrogen-bond donors (Lipinski definition) is 2. The van der Waals surface area contributed by atoms with Crippen molar-refractivity contribution in [3.05, 3.63) is 130 Å². The Kier molecular flexibility index (Phi) is 6.80. The van der Waals surface area contributed by atoms with Crippen molar-refractivity contribution in [2.24, 2.45) is 0 Å². The molecule has 0 spiro atoms. The van der Waals surface area contributed by atoms with Crippen LogP contribution in [-0.4, -0.2) is 22.2 Å². The average Bonchev–Trinajstić information content (AvgIpc) is 2.87. The highest BCUT2D eigenvalue weighted by Crippen LogP contribution is 2.22. The van der Waals surface area contributed by atoms with E-state index in [0.29, 0.717) is 0 Å². The van der Waals surface area contributed by atoms with Gasteiger partial charge in [-0.15, -0.1) is 0 Å². The van der Waals surface area contributed by atoms with Crippen LogP contribution in [0.2, 0.25) is 0 Å². The summed E-state index contributed by atoms with van der Waals surface area (Å²) >= 11 is 0. The lowest BCUT2D eigenvalue weighted by atomic mass is 10.0. The molecule has 0 bridgehead atoms. The van der Waals surface area contributed by atoms with Gasteiger partial charge in [-0.2, -0.15) is 0 Å². The fourth-order valence-electron chi connectivity index (χ4n) is 3.43. The Hall–Kier alpha value is -4.70. The van der Waals surface area contributed by atoms with Crippen LogP contribution in [0.5, 0.6) is 0 Å². The zero-order chi connectivity index (χ0) is 23.9. The Morgan fingerprint density at radius 1 is 0.412 bits per heavy atom. The van der Waals surface area contributed by atoms with Gasteiger partial charge in [0.1, 0.15) is 0 Å². The largest absolute Gasteiger partial charge is 0.478 e. The van der Waals surface area contributed by atoms with E-state index in [9.17, 15) is 9.59 Å². The van der Waals surface area contributed by atoms with Crippen molar-refractivity contribution in [2.45, 2.75) is 0 Å². The molecule has 4 nitrogen and oxygen atoms in total. The number of carboxylic acids is 2. The fraction of sp³-hybridized carbons (Fsp3) is 0. The van der Waals surface area contributed by atoms with Gasteiger partial charge in [0.2, 0.25) is 0 Å². The summed E-state index contributed by atoms with van der Waals surface area (Å²) in [5, 5.41) is 18.0. The Bertz CT molecular complexity index is 1230. The maximum atomic E-state index is 10.9. The molecule has 2 N–H and O–H groups in total. The minimum Gasteiger partial charge on any atom is -0.478 e. The summed E-state index contributed by atoms with van der Waals surface area (Å²) in [5.74, 6) is -1.86. The topological polar surface area (TPSA) is 74.6 Å². The summed E-state index contributed by atoms with van der Waals surface area (Å²) in [4.78, 5) is 21.9. The number of carbonyl (C=O) groups is 2. The van der Waals surface area contributed by atoms with Crippen molar-refractivity contribution in [1.82, 2.24) is 0 Å². The van der Waals surface area contributed by atoms with Crippen molar-refractivity contribution < 1.29 is 19.8 Å². The number of hydrogen-bond acceptors (Lipinski definition) is 2. The van der Waals surface area contributed by atoms with Gasteiger partial charge in [0.25, 0.3) is 0 Å². The SMILES string of the molecule is O=C(O)c1ccc(/C=C/c2ccc(-c3ccc(/C=C/c4ccc(C(=O)O)cc4)cc3)cc2)cc1. The molecule has 0 aliphatic heterocycles. The average molecular weight is 447 g/mol. The van der Waals surface area contributed by atoms with E-state index in [1.807, 2.05) is 48.6 Å². The van der Waals surface area contributed by atoms with E-state index in [-0.39, 0.29) is 11.1 Å². The standard InChI is InChI=1S/C30H22O4/c31-29(32)27-17-9-23(10-18-27)3-1-21-5-13-25(14-6-21)26-15-7-22(8-16-26)2-4-24-11-19-28(20-12-24)30(33)34/h1-20H,(H,31,32)(H,33,34)/b3-1+,4-2+. The Labute approximate surface area is 197 Å². The quantitative estimate of drug-likeness (QED) is 0.297. The molecule has 166 valence electrons. The molecule has 0 radical (unpaired) electrons. The van der Waals surface area contributed by atoms with E-state index in [4.69, 9.17) is 10.2 Å². The van der Waals surface area contributed by atoms with E-state index in [1.165, 1.54) is 0 Å². The van der Waals surface area contributed by atoms with E-state index in [1.54, 1.807) is 48.5 Å². The van der Waals surface area contributed by atoms with Gasteiger partial charge in [0.05, 0.1) is 11.1 Å². The highest BCUT2D eigenvalue weighted by atomic mass is 16.4. The predicted molar refractivity (Wildman–Crippen MR) is 137 cm³/mol. The first-order chi connectivity index (χ1) is 16.5. The molecule has 0 saturated heterocycles. The van der Waals surface area contributed by atoms with Crippen LogP contribution in [0, 0.1) is 0 Å². The molecule has 0 aromatic heterocycles. The Morgan fingerprint density at radius 2 is 0.647 bits per heavy atom. The molecule has 0 atom stereocenters. The molecule has 0 unspecified atom stereocenters. The van der Waals surface area contributed by atoms with Crippen LogP contribution in [0.4, 0.5) is 0 Å². The molecule has 34 heavy (non-hydrogen) atoms. The van der Waals surface area contributed by atoms with Gasteiger partial charge < -0.3 is 10.2 Å². The summed E-state index contributed by atoms with van der Waals surface area (Å²) < 4.78 is 0. The molecule has 4 aromatic carbocycles. The zero-order valence-corrected chi connectivity index (χ0v) is 18.3. The van der Waals surface area contributed by atoms with Crippen LogP contribution < -0.4 is 0 Å². The van der Waals surface area contributed by atoms with Gasteiger partial charge in [-0.3, -0.25) is 0 Å². The molecule has 0 fully saturated rings. The van der Waals surface area contributed by atoms with Crippen molar-refractivity contribution in [1.29, 1.82) is 0 Å². The van der Waals surface area contributed by atoms with E-state index in [0.717, 1.165) is 33.4 Å². The zero-order valence-electron chi connectivity index (χ0n) is 18.3. The first-order valence-electron chi connectivity index (χ1n) is 10.7. The first kappa shape index (κ1) is 22.5. The lowest BCUT2D eigenvalue weighted by molar-refractivity contribution is 0.0686. The molecular formula is C30H22O4. The molecule has 4 heteroatoms. The highest BCUT2D eigenvalue weighted by Gasteiger charge is 2.02. The van der Waals surface area contributed by atoms with Crippen molar-refractivity contribution in [3.8, 4) is 11.1 Å². The van der Waals surface area contributed by atoms with Crippen LogP contribution >= 0.6 is 0 Å². The van der Waals surface area contributed by atoms with Crippen LogP contribution in [0.3, 0.4) is 0 Å². The molecular weight excluding hydrogens is 424 g/mol.